The minimum atomic E-state index is 0. The van der Waals surface area contributed by atoms with E-state index in [0.717, 1.165) is 68.3 Å². The molecular formula is C61H98N2Ni. The Morgan fingerprint density at radius 3 is 1.09 bits per heavy atom. The molecule has 0 amide bonds. The minimum Gasteiger partial charge on any atom is -0.493 e. The smallest absolute Gasteiger partial charge is 0.223 e. The van der Waals surface area contributed by atoms with Crippen LogP contribution < -0.4 is 0 Å². The molecule has 0 atom stereocenters. The molecule has 0 spiro atoms. The average molecular weight is 918 g/mol. The second kappa shape index (κ2) is 35.7. The molecule has 0 saturated heterocycles. The summed E-state index contributed by atoms with van der Waals surface area (Å²) in [5.41, 5.74) is 29.3. The van der Waals surface area contributed by atoms with E-state index in [9.17, 15) is 5.53 Å². The summed E-state index contributed by atoms with van der Waals surface area (Å²) in [5.74, 6) is 7.57. The molecule has 0 aromatic heterocycles. The van der Waals surface area contributed by atoms with Crippen LogP contribution in [0.5, 0.6) is 0 Å². The molecule has 3 heteroatoms. The van der Waals surface area contributed by atoms with E-state index in [1.807, 2.05) is 0 Å². The van der Waals surface area contributed by atoms with E-state index in [1.165, 1.54) is 212 Å². The van der Waals surface area contributed by atoms with Gasteiger partial charge in [-0.15, -0.1) is 0 Å². The van der Waals surface area contributed by atoms with Crippen LogP contribution in [-0.2, 0) is 55.0 Å². The Balaban J connectivity index is 0.0000141. The summed E-state index contributed by atoms with van der Waals surface area (Å²) in [6.07, 6.45) is 42.3. The van der Waals surface area contributed by atoms with E-state index in [2.05, 4.69) is 91.5 Å². The first-order valence-electron chi connectivity index (χ1n) is 27.7. The van der Waals surface area contributed by atoms with Gasteiger partial charge in [0.2, 0.25) is 11.4 Å². The second-order valence-corrected chi connectivity index (χ2v) is 19.4. The zero-order valence-corrected chi connectivity index (χ0v) is 44.3. The third-order valence-electron chi connectivity index (χ3n) is 13.8. The number of aryl methyl sites for hydroxylation is 4. The molecule has 362 valence electrons. The Labute approximate surface area is 407 Å². The standard InChI is InChI=1S/C61H98N2.Ni/c1-9-17-25-27-29-37-45-59-58(44-36-28-26-18-10-2)60(54-46-50(38-30-19-11-3)56(42-34-23-15-7)51(47-54)39-31-20-12-4)63(62)61(59)55-48-52(40-32-21-13-5)57(43-35-24-16-8)53(49-55)41-33-22-14-6;/h46-49H,9-35,37-43,45H2,1-8H3;. The zero-order valence-electron chi connectivity index (χ0n) is 43.3. The Morgan fingerprint density at radius 2 is 0.688 bits per heavy atom. The largest absolute Gasteiger partial charge is 0.493 e. The summed E-state index contributed by atoms with van der Waals surface area (Å²) in [4.78, 5) is 0. The third-order valence-corrected chi connectivity index (χ3v) is 13.8. The van der Waals surface area contributed by atoms with E-state index in [0.29, 0.717) is 0 Å². The minimum absolute atomic E-state index is 0. The molecule has 1 aliphatic heterocycles. The number of hydrogen-bond acceptors (Lipinski definition) is 0. The van der Waals surface area contributed by atoms with Crippen LogP contribution in [0.25, 0.3) is 16.9 Å². The van der Waals surface area contributed by atoms with Gasteiger partial charge in [-0.05, 0) is 154 Å². The Bertz CT molecular complexity index is 1670. The van der Waals surface area contributed by atoms with Gasteiger partial charge in [0.15, 0.2) is 0 Å². The van der Waals surface area contributed by atoms with Gasteiger partial charge in [0.1, 0.15) is 5.57 Å². The topological polar surface area (TPSA) is 25.3 Å². The van der Waals surface area contributed by atoms with Crippen molar-refractivity contribution in [3.63, 3.8) is 0 Å². The monoisotopic (exact) mass is 917 g/mol. The summed E-state index contributed by atoms with van der Waals surface area (Å²) in [6.45, 7) is 18.6. The molecule has 0 unspecified atom stereocenters. The van der Waals surface area contributed by atoms with Gasteiger partial charge in [0.25, 0.3) is 0 Å². The van der Waals surface area contributed by atoms with Crippen molar-refractivity contribution in [2.24, 2.45) is 0 Å². The first-order valence-corrected chi connectivity index (χ1v) is 27.7. The molecule has 2 nitrogen and oxygen atoms in total. The molecule has 1 heterocycles. The third kappa shape index (κ3) is 19.4. The molecule has 64 heavy (non-hydrogen) atoms. The molecule has 0 aliphatic carbocycles. The van der Waals surface area contributed by atoms with Crippen molar-refractivity contribution in [1.82, 2.24) is 0 Å². The molecule has 2 aromatic carbocycles. The maximum absolute atomic E-state index is 13.2. The number of benzene rings is 2. The van der Waals surface area contributed by atoms with Crippen molar-refractivity contribution in [2.45, 2.75) is 280 Å². The molecule has 1 aliphatic rings. The maximum atomic E-state index is 13.2. The van der Waals surface area contributed by atoms with Gasteiger partial charge in [0, 0.05) is 39.6 Å². The first kappa shape index (κ1) is 57.7. The van der Waals surface area contributed by atoms with Gasteiger partial charge < -0.3 is 5.53 Å². The fraction of sp³-hybridized carbons (Fsp3) is 0.705. The fourth-order valence-corrected chi connectivity index (χ4v) is 10.0. The predicted octanol–water partition coefficient (Wildman–Crippen LogP) is 19.6. The summed E-state index contributed by atoms with van der Waals surface area (Å²) in [5, 5.41) is 0. The van der Waals surface area contributed by atoms with Gasteiger partial charge >= 0.3 is 0 Å². The van der Waals surface area contributed by atoms with Crippen LogP contribution in [0.15, 0.2) is 35.4 Å². The van der Waals surface area contributed by atoms with Gasteiger partial charge in [-0.1, -0.05) is 189 Å². The van der Waals surface area contributed by atoms with Gasteiger partial charge in [-0.2, -0.15) is 0 Å². The normalized spacial score (nSPS) is 12.7. The van der Waals surface area contributed by atoms with Gasteiger partial charge in [0.05, 0.1) is 0 Å². The van der Waals surface area contributed by atoms with E-state index < -0.39 is 0 Å². The van der Waals surface area contributed by atoms with Crippen molar-refractivity contribution in [3.8, 4) is 11.8 Å². The van der Waals surface area contributed by atoms with Crippen LogP contribution in [0.4, 0.5) is 0 Å². The quantitative estimate of drug-likeness (QED) is 0.0282. The molecule has 0 fully saturated rings. The van der Waals surface area contributed by atoms with Crippen LogP contribution in [0.2, 0.25) is 0 Å². The second-order valence-electron chi connectivity index (χ2n) is 19.4. The maximum Gasteiger partial charge on any atom is 0.223 e. The summed E-state index contributed by atoms with van der Waals surface area (Å²) >= 11 is 0. The Morgan fingerprint density at radius 1 is 0.375 bits per heavy atom. The zero-order chi connectivity index (χ0) is 45.5. The van der Waals surface area contributed by atoms with Crippen LogP contribution in [0.3, 0.4) is 0 Å². The summed E-state index contributed by atoms with van der Waals surface area (Å²) in [7, 11) is 0. The van der Waals surface area contributed by atoms with Gasteiger partial charge in [-0.25, -0.2) is 4.70 Å². The number of nitrogens with zero attached hydrogens (tertiary/aromatic N) is 2. The molecule has 0 radical (unpaired) electrons. The SMILES string of the molecule is CCCCCC#CC1=C(c2cc(CCCCC)c(CCCCC)c(CCCCC)c2)[N+](=[N-])C(c2cc(CCCCC)c(CCCCC)c(CCCCC)c2)=C1CCCCCCCC.[Ni]. The van der Waals surface area contributed by atoms with E-state index in [4.69, 9.17) is 0 Å². The number of hydrogen-bond donors (Lipinski definition) is 0. The van der Waals surface area contributed by atoms with Gasteiger partial charge in [-0.3, -0.25) is 0 Å². The molecule has 0 bridgehead atoms. The molecule has 2 aromatic rings. The number of rotatable bonds is 36. The van der Waals surface area contributed by atoms with Crippen LogP contribution in [0.1, 0.15) is 286 Å². The first-order chi connectivity index (χ1) is 30.9. The van der Waals surface area contributed by atoms with Crippen molar-refractivity contribution in [2.75, 3.05) is 0 Å². The fourth-order valence-electron chi connectivity index (χ4n) is 10.0. The van der Waals surface area contributed by atoms with E-state index in [-0.39, 0.29) is 16.5 Å². The molecular weight excluding hydrogens is 819 g/mol. The van der Waals surface area contributed by atoms with E-state index in [1.54, 1.807) is 15.8 Å². The molecule has 0 saturated carbocycles. The summed E-state index contributed by atoms with van der Waals surface area (Å²) < 4.78 is 1.68. The van der Waals surface area contributed by atoms with Crippen LogP contribution >= 0.6 is 0 Å². The van der Waals surface area contributed by atoms with Crippen molar-refractivity contribution in [1.29, 1.82) is 0 Å². The van der Waals surface area contributed by atoms with Crippen molar-refractivity contribution >= 4 is 11.4 Å². The number of allylic oxidation sites excluding steroid dienone is 2. The average Bonchev–Trinajstić information content (AvgIpc) is 3.56. The summed E-state index contributed by atoms with van der Waals surface area (Å²) in [6, 6.07) is 10.1. The van der Waals surface area contributed by atoms with Crippen molar-refractivity contribution < 1.29 is 21.2 Å². The van der Waals surface area contributed by atoms with Crippen molar-refractivity contribution in [3.05, 3.63) is 85.5 Å². The number of unbranched alkanes of at least 4 members (excludes halogenated alkanes) is 20. The van der Waals surface area contributed by atoms with E-state index >= 15 is 0 Å². The van der Waals surface area contributed by atoms with Crippen LogP contribution in [0, 0.1) is 11.8 Å². The molecule has 0 N–H and O–H groups in total. The molecule has 3 rings (SSSR count). The predicted molar refractivity (Wildman–Crippen MR) is 280 cm³/mol. The Hall–Kier alpha value is -2.43. The van der Waals surface area contributed by atoms with Crippen LogP contribution in [-0.4, -0.2) is 4.70 Å². The Kier molecular flexibility index (Phi) is 32.2.